The number of non-ortho nitro benzene ring substituents is 1. The first-order chi connectivity index (χ1) is 13.0. The summed E-state index contributed by atoms with van der Waals surface area (Å²) in [6.45, 7) is 0.608. The lowest BCUT2D eigenvalue weighted by molar-refractivity contribution is -0.384. The molecule has 0 unspecified atom stereocenters. The number of pyridine rings is 1. The number of nitro benzene ring substituents is 1. The van der Waals surface area contributed by atoms with Crippen LogP contribution in [-0.4, -0.2) is 22.4 Å². The lowest BCUT2D eigenvalue weighted by Crippen LogP contribution is -2.31. The largest absolute Gasteiger partial charge is 0.383 e. The average Bonchev–Trinajstić information content (AvgIpc) is 2.68. The molecule has 7 nitrogen and oxygen atoms in total. The molecule has 134 valence electrons. The summed E-state index contributed by atoms with van der Waals surface area (Å²) in [6.07, 6.45) is 2.36. The summed E-state index contributed by atoms with van der Waals surface area (Å²) in [7, 11) is 0. The molecule has 3 aromatic rings. The number of carbonyl (C=O) groups is 1. The van der Waals surface area contributed by atoms with Crippen molar-refractivity contribution in [2.75, 3.05) is 12.3 Å². The number of aromatic nitrogens is 1. The lowest BCUT2D eigenvalue weighted by Gasteiger charge is -2.18. The van der Waals surface area contributed by atoms with Crippen LogP contribution in [0.25, 0.3) is 22.3 Å². The SMILES string of the molecule is Nc1ncc(-c2cccc([N+](=O)[O-])c2)cc1-c1ccc2c(c1)CCNC2=O. The Hall–Kier alpha value is -3.74. The second kappa shape index (κ2) is 6.53. The average molecular weight is 360 g/mol. The summed E-state index contributed by atoms with van der Waals surface area (Å²) >= 11 is 0. The highest BCUT2D eigenvalue weighted by atomic mass is 16.6. The predicted molar refractivity (Wildman–Crippen MR) is 102 cm³/mol. The molecule has 0 bridgehead atoms. The summed E-state index contributed by atoms with van der Waals surface area (Å²) < 4.78 is 0. The number of nitrogens with one attached hydrogen (secondary N) is 1. The number of carbonyl (C=O) groups excluding carboxylic acids is 1. The Bertz CT molecular complexity index is 1080. The summed E-state index contributed by atoms with van der Waals surface area (Å²) in [5.74, 6) is 0.295. The monoisotopic (exact) mass is 360 g/mol. The van der Waals surface area contributed by atoms with Crippen LogP contribution in [0.5, 0.6) is 0 Å². The minimum Gasteiger partial charge on any atom is -0.383 e. The van der Waals surface area contributed by atoms with E-state index < -0.39 is 4.92 Å². The molecule has 1 aliphatic heterocycles. The van der Waals surface area contributed by atoms with E-state index in [1.807, 2.05) is 18.2 Å². The summed E-state index contributed by atoms with van der Waals surface area (Å²) in [6, 6.07) is 13.8. The molecule has 27 heavy (non-hydrogen) atoms. The van der Waals surface area contributed by atoms with Gasteiger partial charge in [-0.1, -0.05) is 24.3 Å². The Morgan fingerprint density at radius 3 is 2.70 bits per heavy atom. The first-order valence-corrected chi connectivity index (χ1v) is 8.45. The first-order valence-electron chi connectivity index (χ1n) is 8.45. The standard InChI is InChI=1S/C20H16N4O3/c21-19-18(13-4-5-17-14(8-13)6-7-22-20(17)25)10-15(11-23-19)12-2-1-3-16(9-12)24(26)27/h1-5,8-11H,6-7H2,(H2,21,23)(H,22,25). The van der Waals surface area contributed by atoms with E-state index in [2.05, 4.69) is 10.3 Å². The Morgan fingerprint density at radius 1 is 1.04 bits per heavy atom. The fourth-order valence-electron chi connectivity index (χ4n) is 3.26. The maximum absolute atomic E-state index is 11.9. The quantitative estimate of drug-likeness (QED) is 0.550. The molecular formula is C20H16N4O3. The van der Waals surface area contributed by atoms with Gasteiger partial charge in [0.1, 0.15) is 5.82 Å². The van der Waals surface area contributed by atoms with E-state index in [4.69, 9.17) is 5.73 Å². The van der Waals surface area contributed by atoms with Crippen molar-refractivity contribution in [2.45, 2.75) is 6.42 Å². The van der Waals surface area contributed by atoms with Crippen molar-refractivity contribution in [2.24, 2.45) is 0 Å². The number of nitrogen functional groups attached to an aromatic ring is 1. The van der Waals surface area contributed by atoms with Crippen LogP contribution in [-0.2, 0) is 6.42 Å². The molecule has 0 saturated carbocycles. The normalized spacial score (nSPS) is 13.0. The molecule has 0 atom stereocenters. The number of benzene rings is 2. The molecule has 0 spiro atoms. The van der Waals surface area contributed by atoms with E-state index in [1.165, 1.54) is 12.1 Å². The number of amides is 1. The van der Waals surface area contributed by atoms with Crippen LogP contribution < -0.4 is 11.1 Å². The molecule has 3 N–H and O–H groups in total. The van der Waals surface area contributed by atoms with Crippen LogP contribution >= 0.6 is 0 Å². The summed E-state index contributed by atoms with van der Waals surface area (Å²) in [5.41, 5.74) is 10.8. The number of nitrogens with two attached hydrogens (primary N) is 1. The second-order valence-electron chi connectivity index (χ2n) is 6.34. The molecule has 1 amide bonds. The molecule has 0 aliphatic carbocycles. The van der Waals surface area contributed by atoms with Gasteiger partial charge in [0.25, 0.3) is 11.6 Å². The van der Waals surface area contributed by atoms with E-state index in [9.17, 15) is 14.9 Å². The molecule has 1 aromatic heterocycles. The maximum Gasteiger partial charge on any atom is 0.270 e. The van der Waals surface area contributed by atoms with Gasteiger partial charge >= 0.3 is 0 Å². The summed E-state index contributed by atoms with van der Waals surface area (Å²) in [4.78, 5) is 26.8. The minimum absolute atomic E-state index is 0.0191. The van der Waals surface area contributed by atoms with Gasteiger partial charge in [0, 0.05) is 41.6 Å². The Morgan fingerprint density at radius 2 is 1.89 bits per heavy atom. The third-order valence-electron chi connectivity index (χ3n) is 4.65. The Balaban J connectivity index is 1.79. The van der Waals surface area contributed by atoms with Crippen LogP contribution in [0.4, 0.5) is 11.5 Å². The van der Waals surface area contributed by atoms with E-state index >= 15 is 0 Å². The molecular weight excluding hydrogens is 344 g/mol. The smallest absolute Gasteiger partial charge is 0.270 e. The van der Waals surface area contributed by atoms with Crippen molar-refractivity contribution in [3.8, 4) is 22.3 Å². The molecule has 0 radical (unpaired) electrons. The van der Waals surface area contributed by atoms with Crippen LogP contribution in [0.2, 0.25) is 0 Å². The van der Waals surface area contributed by atoms with E-state index in [0.717, 1.165) is 28.7 Å². The fourth-order valence-corrected chi connectivity index (χ4v) is 3.26. The highest BCUT2D eigenvalue weighted by molar-refractivity contribution is 5.97. The number of hydrogen-bond donors (Lipinski definition) is 2. The first kappa shape index (κ1) is 16.7. The van der Waals surface area contributed by atoms with Crippen molar-refractivity contribution in [1.29, 1.82) is 0 Å². The van der Waals surface area contributed by atoms with Gasteiger partial charge in [-0.15, -0.1) is 0 Å². The maximum atomic E-state index is 11.9. The number of hydrogen-bond acceptors (Lipinski definition) is 5. The molecule has 4 rings (SSSR count). The number of rotatable bonds is 3. The Kier molecular flexibility index (Phi) is 4.04. The van der Waals surface area contributed by atoms with Gasteiger partial charge in [0.05, 0.1) is 4.92 Å². The van der Waals surface area contributed by atoms with Crippen molar-refractivity contribution in [3.63, 3.8) is 0 Å². The highest BCUT2D eigenvalue weighted by Crippen LogP contribution is 2.32. The van der Waals surface area contributed by atoms with E-state index in [-0.39, 0.29) is 11.6 Å². The van der Waals surface area contributed by atoms with Crippen molar-refractivity contribution < 1.29 is 9.72 Å². The van der Waals surface area contributed by atoms with Crippen molar-refractivity contribution in [3.05, 3.63) is 76.0 Å². The zero-order valence-corrected chi connectivity index (χ0v) is 14.3. The van der Waals surface area contributed by atoms with Crippen LogP contribution in [0.15, 0.2) is 54.7 Å². The molecule has 7 heteroatoms. The molecule has 0 fully saturated rings. The van der Waals surface area contributed by atoms with Gasteiger partial charge < -0.3 is 11.1 Å². The molecule has 1 aliphatic rings. The van der Waals surface area contributed by atoms with Gasteiger partial charge in [0.2, 0.25) is 0 Å². The van der Waals surface area contributed by atoms with Gasteiger partial charge in [-0.2, -0.15) is 0 Å². The van der Waals surface area contributed by atoms with E-state index in [0.29, 0.717) is 23.5 Å². The topological polar surface area (TPSA) is 111 Å². The van der Waals surface area contributed by atoms with Gasteiger partial charge in [-0.3, -0.25) is 14.9 Å². The predicted octanol–water partition coefficient (Wildman–Crippen LogP) is 3.19. The number of nitrogens with zero attached hydrogens (tertiary/aromatic N) is 2. The van der Waals surface area contributed by atoms with Crippen LogP contribution in [0.3, 0.4) is 0 Å². The van der Waals surface area contributed by atoms with Crippen LogP contribution in [0, 0.1) is 10.1 Å². The molecule has 2 heterocycles. The lowest BCUT2D eigenvalue weighted by atomic mass is 9.94. The summed E-state index contributed by atoms with van der Waals surface area (Å²) in [5, 5.41) is 13.9. The number of anilines is 1. The molecule has 2 aromatic carbocycles. The zero-order chi connectivity index (χ0) is 19.0. The van der Waals surface area contributed by atoms with Gasteiger partial charge in [-0.25, -0.2) is 4.98 Å². The van der Waals surface area contributed by atoms with Gasteiger partial charge in [-0.05, 0) is 35.2 Å². The number of fused-ring (bicyclic) bond motifs is 1. The van der Waals surface area contributed by atoms with Crippen molar-refractivity contribution in [1.82, 2.24) is 10.3 Å². The van der Waals surface area contributed by atoms with Gasteiger partial charge in [0.15, 0.2) is 0 Å². The minimum atomic E-state index is -0.427. The molecule has 0 saturated heterocycles. The Labute approximate surface area is 155 Å². The number of nitro groups is 1. The highest BCUT2D eigenvalue weighted by Gasteiger charge is 2.18. The van der Waals surface area contributed by atoms with Crippen molar-refractivity contribution >= 4 is 17.4 Å². The zero-order valence-electron chi connectivity index (χ0n) is 14.3. The third-order valence-corrected chi connectivity index (χ3v) is 4.65. The van der Waals surface area contributed by atoms with Crippen LogP contribution in [0.1, 0.15) is 15.9 Å². The second-order valence-corrected chi connectivity index (χ2v) is 6.34. The fraction of sp³-hybridized carbons (Fsp3) is 0.100. The van der Waals surface area contributed by atoms with E-state index in [1.54, 1.807) is 24.4 Å². The third kappa shape index (κ3) is 3.10.